The molecule has 1 aliphatic carbocycles. The lowest BCUT2D eigenvalue weighted by atomic mass is 10.1. The number of nitrogens with two attached hydrogens (primary N) is 1. The molecule has 4 N–H and O–H groups in total. The lowest BCUT2D eigenvalue weighted by molar-refractivity contribution is 0.555. The van der Waals surface area contributed by atoms with E-state index in [1.165, 1.54) is 19.3 Å². The SMILES string of the molecule is CCNc1cc(NC2CCCC2C)nc(N)n1. The van der Waals surface area contributed by atoms with E-state index in [2.05, 4.69) is 27.5 Å². The van der Waals surface area contributed by atoms with Gasteiger partial charge in [0.2, 0.25) is 5.95 Å². The van der Waals surface area contributed by atoms with Crippen LogP contribution in [-0.4, -0.2) is 22.6 Å². The molecule has 2 atom stereocenters. The Morgan fingerprint density at radius 1 is 1.35 bits per heavy atom. The molecule has 1 saturated carbocycles. The fourth-order valence-electron chi connectivity index (χ4n) is 2.36. The molecule has 2 unspecified atom stereocenters. The minimum absolute atomic E-state index is 0.316. The van der Waals surface area contributed by atoms with Gasteiger partial charge in [-0.05, 0) is 25.7 Å². The van der Waals surface area contributed by atoms with E-state index < -0.39 is 0 Å². The standard InChI is InChI=1S/C12H21N5/c1-3-14-10-7-11(17-12(13)16-10)15-9-6-4-5-8(9)2/h7-9H,3-6H2,1-2H3,(H4,13,14,15,16,17). The van der Waals surface area contributed by atoms with Crippen molar-refractivity contribution >= 4 is 17.6 Å². The van der Waals surface area contributed by atoms with Crippen LogP contribution in [0.25, 0.3) is 0 Å². The number of nitrogens with one attached hydrogen (secondary N) is 2. The molecule has 1 fully saturated rings. The summed E-state index contributed by atoms with van der Waals surface area (Å²) in [5, 5.41) is 6.61. The van der Waals surface area contributed by atoms with Gasteiger partial charge in [0.25, 0.3) is 0 Å². The van der Waals surface area contributed by atoms with Crippen LogP contribution in [0.5, 0.6) is 0 Å². The molecule has 1 aromatic rings. The first kappa shape index (κ1) is 12.0. The van der Waals surface area contributed by atoms with Crippen LogP contribution in [0.3, 0.4) is 0 Å². The van der Waals surface area contributed by atoms with Crippen molar-refractivity contribution in [3.63, 3.8) is 0 Å². The number of hydrogen-bond acceptors (Lipinski definition) is 5. The highest BCUT2D eigenvalue weighted by Crippen LogP contribution is 2.28. The lowest BCUT2D eigenvalue weighted by Gasteiger charge is -2.18. The molecule has 2 rings (SSSR count). The second-order valence-electron chi connectivity index (χ2n) is 4.69. The third kappa shape index (κ3) is 2.99. The fourth-order valence-corrected chi connectivity index (χ4v) is 2.36. The molecule has 1 aliphatic rings. The maximum absolute atomic E-state index is 5.70. The fraction of sp³-hybridized carbons (Fsp3) is 0.667. The predicted octanol–water partition coefficient (Wildman–Crippen LogP) is 2.09. The van der Waals surface area contributed by atoms with Gasteiger partial charge >= 0.3 is 0 Å². The smallest absolute Gasteiger partial charge is 0.223 e. The molecule has 0 spiro atoms. The molecule has 5 heteroatoms. The van der Waals surface area contributed by atoms with Crippen molar-refractivity contribution < 1.29 is 0 Å². The molecule has 0 saturated heterocycles. The first-order valence-corrected chi connectivity index (χ1v) is 6.34. The van der Waals surface area contributed by atoms with Crippen LogP contribution in [-0.2, 0) is 0 Å². The normalized spacial score (nSPS) is 23.6. The van der Waals surface area contributed by atoms with Gasteiger partial charge in [0.1, 0.15) is 11.6 Å². The number of anilines is 3. The van der Waals surface area contributed by atoms with Crippen molar-refractivity contribution in [3.05, 3.63) is 6.07 Å². The zero-order valence-corrected chi connectivity index (χ0v) is 10.5. The van der Waals surface area contributed by atoms with E-state index >= 15 is 0 Å². The van der Waals surface area contributed by atoms with E-state index in [-0.39, 0.29) is 0 Å². The maximum atomic E-state index is 5.70. The molecule has 0 aromatic carbocycles. The van der Waals surface area contributed by atoms with Crippen LogP contribution in [0.15, 0.2) is 6.07 Å². The second-order valence-corrected chi connectivity index (χ2v) is 4.69. The zero-order valence-electron chi connectivity index (χ0n) is 10.5. The molecule has 0 aliphatic heterocycles. The Balaban J connectivity index is 2.09. The summed E-state index contributed by atoms with van der Waals surface area (Å²) in [6.07, 6.45) is 3.79. The van der Waals surface area contributed by atoms with Gasteiger partial charge in [-0.3, -0.25) is 0 Å². The van der Waals surface area contributed by atoms with Crippen LogP contribution in [0.1, 0.15) is 33.1 Å². The first-order chi connectivity index (χ1) is 8.19. The van der Waals surface area contributed by atoms with Crippen molar-refractivity contribution in [2.45, 2.75) is 39.2 Å². The minimum atomic E-state index is 0.316. The molecule has 5 nitrogen and oxygen atoms in total. The molecule has 0 radical (unpaired) electrons. The van der Waals surface area contributed by atoms with Crippen LogP contribution in [0.4, 0.5) is 17.6 Å². The molecule has 17 heavy (non-hydrogen) atoms. The first-order valence-electron chi connectivity index (χ1n) is 6.34. The van der Waals surface area contributed by atoms with Crippen LogP contribution in [0.2, 0.25) is 0 Å². The second kappa shape index (κ2) is 5.21. The molecular weight excluding hydrogens is 214 g/mol. The van der Waals surface area contributed by atoms with Crippen molar-refractivity contribution in [1.82, 2.24) is 9.97 Å². The lowest BCUT2D eigenvalue weighted by Crippen LogP contribution is -2.23. The summed E-state index contributed by atoms with van der Waals surface area (Å²) in [5.41, 5.74) is 5.70. The Bertz CT molecular complexity index is 379. The summed E-state index contributed by atoms with van der Waals surface area (Å²) in [4.78, 5) is 8.36. The van der Waals surface area contributed by atoms with Gasteiger partial charge in [-0.25, -0.2) is 0 Å². The van der Waals surface area contributed by atoms with Gasteiger partial charge < -0.3 is 16.4 Å². The summed E-state index contributed by atoms with van der Waals surface area (Å²) in [6, 6.07) is 2.43. The van der Waals surface area contributed by atoms with Crippen LogP contribution in [0, 0.1) is 5.92 Å². The summed E-state index contributed by atoms with van der Waals surface area (Å²) in [5.74, 6) is 2.63. The predicted molar refractivity (Wildman–Crippen MR) is 71.0 cm³/mol. The van der Waals surface area contributed by atoms with Crippen LogP contribution < -0.4 is 16.4 Å². The summed E-state index contributed by atoms with van der Waals surface area (Å²) in [6.45, 7) is 5.14. The van der Waals surface area contributed by atoms with E-state index in [0.717, 1.165) is 18.2 Å². The van der Waals surface area contributed by atoms with E-state index in [0.29, 0.717) is 17.9 Å². The Labute approximate surface area is 102 Å². The monoisotopic (exact) mass is 235 g/mol. The highest BCUT2D eigenvalue weighted by atomic mass is 15.1. The van der Waals surface area contributed by atoms with Crippen molar-refractivity contribution in [3.8, 4) is 0 Å². The Hall–Kier alpha value is -1.52. The number of nitrogens with zero attached hydrogens (tertiary/aromatic N) is 2. The third-order valence-electron chi connectivity index (χ3n) is 3.30. The highest BCUT2D eigenvalue weighted by Gasteiger charge is 2.23. The highest BCUT2D eigenvalue weighted by molar-refractivity contribution is 5.51. The van der Waals surface area contributed by atoms with E-state index in [9.17, 15) is 0 Å². The summed E-state index contributed by atoms with van der Waals surface area (Å²) >= 11 is 0. The summed E-state index contributed by atoms with van der Waals surface area (Å²) in [7, 11) is 0. The largest absolute Gasteiger partial charge is 0.370 e. The van der Waals surface area contributed by atoms with Crippen LogP contribution >= 0.6 is 0 Å². The maximum Gasteiger partial charge on any atom is 0.223 e. The van der Waals surface area contributed by atoms with Gasteiger partial charge in [-0.2, -0.15) is 9.97 Å². The molecular formula is C12H21N5. The molecule has 94 valence electrons. The van der Waals surface area contributed by atoms with Gasteiger partial charge in [-0.1, -0.05) is 13.3 Å². The Morgan fingerprint density at radius 2 is 2.12 bits per heavy atom. The quantitative estimate of drug-likeness (QED) is 0.745. The summed E-state index contributed by atoms with van der Waals surface area (Å²) < 4.78 is 0. The zero-order chi connectivity index (χ0) is 12.3. The van der Waals surface area contributed by atoms with Gasteiger partial charge in [-0.15, -0.1) is 0 Å². The average molecular weight is 235 g/mol. The number of nitrogen functional groups attached to an aromatic ring is 1. The molecule has 0 amide bonds. The molecule has 1 aromatic heterocycles. The van der Waals surface area contributed by atoms with E-state index in [1.54, 1.807) is 0 Å². The topological polar surface area (TPSA) is 75.9 Å². The van der Waals surface area contributed by atoms with Crippen molar-refractivity contribution in [2.24, 2.45) is 5.92 Å². The van der Waals surface area contributed by atoms with E-state index in [1.807, 2.05) is 13.0 Å². The number of rotatable bonds is 4. The van der Waals surface area contributed by atoms with Gasteiger partial charge in [0, 0.05) is 18.7 Å². The molecule has 1 heterocycles. The minimum Gasteiger partial charge on any atom is -0.370 e. The van der Waals surface area contributed by atoms with Gasteiger partial charge in [0.15, 0.2) is 0 Å². The number of hydrogen-bond donors (Lipinski definition) is 3. The molecule has 0 bridgehead atoms. The number of aromatic nitrogens is 2. The van der Waals surface area contributed by atoms with Gasteiger partial charge in [0.05, 0.1) is 0 Å². The third-order valence-corrected chi connectivity index (χ3v) is 3.30. The van der Waals surface area contributed by atoms with E-state index in [4.69, 9.17) is 5.73 Å². The van der Waals surface area contributed by atoms with Crippen molar-refractivity contribution in [1.29, 1.82) is 0 Å². The van der Waals surface area contributed by atoms with Crippen molar-refractivity contribution in [2.75, 3.05) is 22.9 Å². The average Bonchev–Trinajstić information content (AvgIpc) is 2.64. The Morgan fingerprint density at radius 3 is 2.76 bits per heavy atom. The Kier molecular flexibility index (Phi) is 3.66.